The molecule has 4 nitrogen and oxygen atoms in total. The van der Waals surface area contributed by atoms with Crippen LogP contribution in [0.4, 0.5) is 5.69 Å². The molecule has 1 aliphatic rings. The van der Waals surface area contributed by atoms with E-state index in [1.807, 2.05) is 12.1 Å². The first kappa shape index (κ1) is 24.6. The van der Waals surface area contributed by atoms with Gasteiger partial charge in [-0.3, -0.25) is 4.79 Å². The molecule has 0 saturated heterocycles. The van der Waals surface area contributed by atoms with Crippen LogP contribution >= 0.6 is 11.3 Å². The third kappa shape index (κ3) is 5.57. The van der Waals surface area contributed by atoms with Crippen molar-refractivity contribution >= 4 is 22.9 Å². The van der Waals surface area contributed by atoms with Gasteiger partial charge in [-0.1, -0.05) is 76.6 Å². The van der Waals surface area contributed by atoms with Gasteiger partial charge in [-0.25, -0.2) is 0 Å². The molecule has 2 aromatic carbocycles. The lowest BCUT2D eigenvalue weighted by molar-refractivity contribution is -0.122. The zero-order valence-electron chi connectivity index (χ0n) is 21.1. The zero-order chi connectivity index (χ0) is 24.3. The van der Waals surface area contributed by atoms with Crippen LogP contribution in [0.3, 0.4) is 0 Å². The molecular weight excluding hydrogens is 438 g/mol. The molecule has 4 rings (SSSR count). The number of carbonyl (C=O) groups excluding carboxylic acids is 1. The topological polar surface area (TPSA) is 54.9 Å². The first-order valence-corrected chi connectivity index (χ1v) is 13.5. The molecule has 1 amide bonds. The zero-order valence-corrected chi connectivity index (χ0v) is 22.0. The monoisotopic (exact) mass is 475 g/mol. The Morgan fingerprint density at radius 3 is 2.44 bits per heavy atom. The highest BCUT2D eigenvalue weighted by Crippen LogP contribution is 2.37. The van der Waals surface area contributed by atoms with E-state index in [1.165, 1.54) is 23.1 Å². The van der Waals surface area contributed by atoms with Gasteiger partial charge < -0.3 is 5.32 Å². The van der Waals surface area contributed by atoms with Crippen molar-refractivity contribution < 1.29 is 4.79 Å². The summed E-state index contributed by atoms with van der Waals surface area (Å²) < 4.78 is 0. The van der Waals surface area contributed by atoms with E-state index in [-0.39, 0.29) is 17.2 Å². The van der Waals surface area contributed by atoms with E-state index < -0.39 is 0 Å². The van der Waals surface area contributed by atoms with Crippen molar-refractivity contribution in [3.8, 4) is 10.6 Å². The van der Waals surface area contributed by atoms with Crippen LogP contribution in [0.5, 0.6) is 0 Å². The molecule has 0 atom stereocenters. The Morgan fingerprint density at radius 2 is 1.82 bits per heavy atom. The molecule has 1 saturated carbocycles. The molecule has 5 heteroatoms. The van der Waals surface area contributed by atoms with Gasteiger partial charge in [-0.2, -0.15) is 0 Å². The van der Waals surface area contributed by atoms with Crippen LogP contribution in [-0.2, 0) is 23.1 Å². The maximum absolute atomic E-state index is 12.1. The van der Waals surface area contributed by atoms with E-state index in [0.717, 1.165) is 53.4 Å². The fraction of sp³-hybridized carbons (Fsp3) is 0.483. The highest BCUT2D eigenvalue weighted by molar-refractivity contribution is 7.14. The van der Waals surface area contributed by atoms with Gasteiger partial charge in [0.05, 0.1) is 0 Å². The molecule has 34 heavy (non-hydrogen) atoms. The van der Waals surface area contributed by atoms with Gasteiger partial charge in [0, 0.05) is 23.6 Å². The van der Waals surface area contributed by atoms with E-state index in [0.29, 0.717) is 5.92 Å². The largest absolute Gasteiger partial charge is 0.326 e. The number of anilines is 1. The second kappa shape index (κ2) is 10.4. The fourth-order valence-electron chi connectivity index (χ4n) is 4.36. The first-order valence-electron chi connectivity index (χ1n) is 12.6. The number of benzene rings is 2. The van der Waals surface area contributed by atoms with Gasteiger partial charge in [0.15, 0.2) is 0 Å². The Hall–Kier alpha value is -2.53. The van der Waals surface area contributed by atoms with E-state index in [1.54, 1.807) is 11.3 Å². The molecule has 0 radical (unpaired) electrons. The Morgan fingerprint density at radius 1 is 1.09 bits per heavy atom. The maximum atomic E-state index is 12.1. The van der Waals surface area contributed by atoms with E-state index in [9.17, 15) is 4.79 Å². The number of nitrogens with one attached hydrogen (secondary N) is 1. The van der Waals surface area contributed by atoms with E-state index in [2.05, 4.69) is 80.5 Å². The van der Waals surface area contributed by atoms with Gasteiger partial charge in [-0.05, 0) is 71.9 Å². The van der Waals surface area contributed by atoms with Gasteiger partial charge in [0.25, 0.3) is 0 Å². The van der Waals surface area contributed by atoms with E-state index >= 15 is 0 Å². The summed E-state index contributed by atoms with van der Waals surface area (Å²) >= 11 is 1.69. The van der Waals surface area contributed by atoms with Crippen molar-refractivity contribution in [2.75, 3.05) is 5.32 Å². The summed E-state index contributed by atoms with van der Waals surface area (Å²) in [6, 6.07) is 15.0. The molecule has 1 fully saturated rings. The number of aryl methyl sites for hydroxylation is 2. The standard InChI is InChI=1S/C29H37N3OS/c1-6-29(4,5)25-18-22(13-16-24(25)19(2)3)28-32-31-26(34-28)17-12-20-10-14-23(15-11-20)30-27(33)21-8-7-9-21/h10-11,13-16,18-19,21H,6-9,12,17H2,1-5H3,(H,30,33). The van der Waals surface area contributed by atoms with Gasteiger partial charge >= 0.3 is 0 Å². The van der Waals surface area contributed by atoms with Gasteiger partial charge in [0.2, 0.25) is 5.91 Å². The Labute approximate surface area is 208 Å². The minimum atomic E-state index is 0.132. The summed E-state index contributed by atoms with van der Waals surface area (Å²) in [6.45, 7) is 11.4. The Bertz CT molecular complexity index is 1130. The van der Waals surface area contributed by atoms with Crippen molar-refractivity contribution in [3.63, 3.8) is 0 Å². The van der Waals surface area contributed by atoms with Crippen molar-refractivity contribution in [2.45, 2.75) is 84.5 Å². The van der Waals surface area contributed by atoms with Crippen LogP contribution in [0, 0.1) is 5.92 Å². The van der Waals surface area contributed by atoms with Gasteiger partial charge in [-0.15, -0.1) is 10.2 Å². The van der Waals surface area contributed by atoms with Crippen LogP contribution in [0.15, 0.2) is 42.5 Å². The number of rotatable bonds is 9. The molecule has 0 bridgehead atoms. The van der Waals surface area contributed by atoms with Crippen molar-refractivity contribution in [3.05, 3.63) is 64.2 Å². The van der Waals surface area contributed by atoms with Crippen molar-refractivity contribution in [1.29, 1.82) is 0 Å². The molecule has 1 N–H and O–H groups in total. The maximum Gasteiger partial charge on any atom is 0.227 e. The lowest BCUT2D eigenvalue weighted by atomic mass is 9.77. The number of aromatic nitrogens is 2. The fourth-order valence-corrected chi connectivity index (χ4v) is 5.20. The lowest BCUT2D eigenvalue weighted by Crippen LogP contribution is -2.27. The highest BCUT2D eigenvalue weighted by atomic mass is 32.1. The average molecular weight is 476 g/mol. The molecule has 0 aliphatic heterocycles. The SMILES string of the molecule is CCC(C)(C)c1cc(-c2nnc(CCc3ccc(NC(=O)C4CCC4)cc3)s2)ccc1C(C)C. The number of amides is 1. The lowest BCUT2D eigenvalue weighted by Gasteiger charge is -2.28. The van der Waals surface area contributed by atoms with Crippen molar-refractivity contribution in [2.24, 2.45) is 5.92 Å². The molecular formula is C29H37N3OS. The number of hydrogen-bond acceptors (Lipinski definition) is 4. The third-order valence-electron chi connectivity index (χ3n) is 7.33. The summed E-state index contributed by atoms with van der Waals surface area (Å²) in [6.07, 6.45) is 6.08. The number of hydrogen-bond donors (Lipinski definition) is 1. The highest BCUT2D eigenvalue weighted by Gasteiger charge is 2.25. The summed E-state index contributed by atoms with van der Waals surface area (Å²) in [5, 5.41) is 14.1. The van der Waals surface area contributed by atoms with Crippen LogP contribution in [-0.4, -0.2) is 16.1 Å². The van der Waals surface area contributed by atoms with Crippen LogP contribution in [0.25, 0.3) is 10.6 Å². The van der Waals surface area contributed by atoms with E-state index in [4.69, 9.17) is 0 Å². The van der Waals surface area contributed by atoms with Crippen LogP contribution in [0.1, 0.15) is 87.9 Å². The third-order valence-corrected chi connectivity index (χ3v) is 8.36. The van der Waals surface area contributed by atoms with Crippen molar-refractivity contribution in [1.82, 2.24) is 10.2 Å². The molecule has 1 heterocycles. The second-order valence-corrected chi connectivity index (χ2v) is 11.6. The minimum Gasteiger partial charge on any atom is -0.326 e. The minimum absolute atomic E-state index is 0.132. The Kier molecular flexibility index (Phi) is 7.51. The predicted octanol–water partition coefficient (Wildman–Crippen LogP) is 7.54. The average Bonchev–Trinajstić information content (AvgIpc) is 3.26. The van der Waals surface area contributed by atoms with Gasteiger partial charge in [0.1, 0.15) is 10.0 Å². The molecule has 1 aromatic heterocycles. The molecule has 3 aromatic rings. The number of nitrogens with zero attached hydrogens (tertiary/aromatic N) is 2. The summed E-state index contributed by atoms with van der Waals surface area (Å²) in [4.78, 5) is 12.1. The molecule has 180 valence electrons. The van der Waals surface area contributed by atoms with Crippen LogP contribution < -0.4 is 5.32 Å². The Balaban J connectivity index is 1.41. The molecule has 0 unspecified atom stereocenters. The normalized spacial score (nSPS) is 14.3. The predicted molar refractivity (Wildman–Crippen MR) is 143 cm³/mol. The summed E-state index contributed by atoms with van der Waals surface area (Å²) in [7, 11) is 0. The smallest absolute Gasteiger partial charge is 0.227 e. The molecule has 0 spiro atoms. The quantitative estimate of drug-likeness (QED) is 0.348. The van der Waals surface area contributed by atoms with Crippen LogP contribution in [0.2, 0.25) is 0 Å². The number of carbonyl (C=O) groups is 1. The molecule has 1 aliphatic carbocycles. The second-order valence-electron chi connectivity index (χ2n) is 10.5. The summed E-state index contributed by atoms with van der Waals surface area (Å²) in [5.41, 5.74) is 6.26. The summed E-state index contributed by atoms with van der Waals surface area (Å²) in [5.74, 6) is 0.863. The first-order chi connectivity index (χ1) is 16.3.